The van der Waals surface area contributed by atoms with Gasteiger partial charge in [-0.3, -0.25) is 14.4 Å². The molecule has 0 unspecified atom stereocenters. The molecule has 6 nitrogen and oxygen atoms in total. The lowest BCUT2D eigenvalue weighted by Crippen LogP contribution is -2.25. The molecule has 18 heavy (non-hydrogen) atoms. The second-order valence-corrected chi connectivity index (χ2v) is 3.91. The normalized spacial score (nSPS) is 9.67. The summed E-state index contributed by atoms with van der Waals surface area (Å²) in [5, 5.41) is 4.95. The van der Waals surface area contributed by atoms with Crippen molar-refractivity contribution >= 4 is 39.3 Å². The van der Waals surface area contributed by atoms with E-state index in [1.807, 2.05) is 0 Å². The van der Waals surface area contributed by atoms with Crippen LogP contribution >= 0.6 is 15.9 Å². The highest BCUT2D eigenvalue weighted by molar-refractivity contribution is 9.09. The molecule has 0 fully saturated rings. The SMILES string of the molecule is CNC(=O)c1cccc(C(N)=O)c1NC(=O)CBr. The highest BCUT2D eigenvalue weighted by Gasteiger charge is 2.18. The quantitative estimate of drug-likeness (QED) is 0.704. The van der Waals surface area contributed by atoms with Gasteiger partial charge in [0.2, 0.25) is 5.91 Å². The van der Waals surface area contributed by atoms with Gasteiger partial charge in [0.1, 0.15) is 0 Å². The van der Waals surface area contributed by atoms with E-state index < -0.39 is 11.8 Å². The topological polar surface area (TPSA) is 101 Å². The van der Waals surface area contributed by atoms with E-state index in [0.717, 1.165) is 0 Å². The van der Waals surface area contributed by atoms with Crippen molar-refractivity contribution in [2.45, 2.75) is 0 Å². The van der Waals surface area contributed by atoms with Crippen LogP contribution in [0, 0.1) is 0 Å². The van der Waals surface area contributed by atoms with Crippen molar-refractivity contribution in [3.05, 3.63) is 29.3 Å². The average Bonchev–Trinajstić information content (AvgIpc) is 2.37. The van der Waals surface area contributed by atoms with Crippen LogP contribution in [0.4, 0.5) is 5.69 Å². The number of hydrogen-bond donors (Lipinski definition) is 3. The Hall–Kier alpha value is -1.89. The van der Waals surface area contributed by atoms with Gasteiger partial charge >= 0.3 is 0 Å². The van der Waals surface area contributed by atoms with E-state index in [0.29, 0.717) is 0 Å². The number of rotatable bonds is 4. The van der Waals surface area contributed by atoms with E-state index in [1.165, 1.54) is 25.2 Å². The van der Waals surface area contributed by atoms with E-state index in [-0.39, 0.29) is 28.1 Å². The van der Waals surface area contributed by atoms with Crippen LogP contribution in [0.15, 0.2) is 18.2 Å². The Morgan fingerprint density at radius 3 is 2.39 bits per heavy atom. The highest BCUT2D eigenvalue weighted by Crippen LogP contribution is 2.21. The van der Waals surface area contributed by atoms with Gasteiger partial charge in [0.05, 0.1) is 22.1 Å². The summed E-state index contributed by atoms with van der Waals surface area (Å²) in [5.41, 5.74) is 5.60. The standard InChI is InChI=1S/C11H12BrN3O3/c1-14-11(18)7-4-2-3-6(10(13)17)9(7)15-8(16)5-12/h2-4H,5H2,1H3,(H2,13,17)(H,14,18)(H,15,16). The largest absolute Gasteiger partial charge is 0.366 e. The predicted octanol–water partition coefficient (Wildman–Crippen LogP) is 0.479. The molecule has 4 N–H and O–H groups in total. The fourth-order valence-corrected chi connectivity index (χ4v) is 1.53. The molecule has 0 aliphatic rings. The molecule has 96 valence electrons. The summed E-state index contributed by atoms with van der Waals surface area (Å²) in [6, 6.07) is 4.46. The minimum absolute atomic E-state index is 0.0489. The summed E-state index contributed by atoms with van der Waals surface area (Å²) in [4.78, 5) is 34.3. The third-order valence-corrected chi connectivity index (χ3v) is 2.70. The first kappa shape index (κ1) is 14.2. The van der Waals surface area contributed by atoms with Gasteiger partial charge in [0, 0.05) is 7.05 Å². The number of para-hydroxylation sites is 1. The van der Waals surface area contributed by atoms with Crippen LogP contribution in [-0.2, 0) is 4.79 Å². The Morgan fingerprint density at radius 2 is 1.89 bits per heavy atom. The summed E-state index contributed by atoms with van der Waals surface area (Å²) in [6.07, 6.45) is 0. The van der Waals surface area contributed by atoms with Crippen molar-refractivity contribution < 1.29 is 14.4 Å². The molecule has 0 aliphatic carbocycles. The zero-order chi connectivity index (χ0) is 13.7. The molecule has 0 aromatic heterocycles. The molecule has 0 bridgehead atoms. The van der Waals surface area contributed by atoms with Crippen LogP contribution < -0.4 is 16.4 Å². The predicted molar refractivity (Wildman–Crippen MR) is 70.8 cm³/mol. The highest BCUT2D eigenvalue weighted by atomic mass is 79.9. The Morgan fingerprint density at radius 1 is 1.28 bits per heavy atom. The number of carbonyl (C=O) groups is 3. The number of nitrogens with two attached hydrogens (primary N) is 1. The van der Waals surface area contributed by atoms with Crippen molar-refractivity contribution in [2.24, 2.45) is 5.73 Å². The van der Waals surface area contributed by atoms with E-state index in [9.17, 15) is 14.4 Å². The average molecular weight is 314 g/mol. The lowest BCUT2D eigenvalue weighted by molar-refractivity contribution is -0.113. The van der Waals surface area contributed by atoms with E-state index in [2.05, 4.69) is 26.6 Å². The minimum atomic E-state index is -0.717. The van der Waals surface area contributed by atoms with Gasteiger partial charge in [-0.2, -0.15) is 0 Å². The zero-order valence-electron chi connectivity index (χ0n) is 9.62. The van der Waals surface area contributed by atoms with Gasteiger partial charge in [-0.05, 0) is 12.1 Å². The molecular formula is C11H12BrN3O3. The first-order valence-electron chi connectivity index (χ1n) is 5.02. The Balaban J connectivity index is 3.34. The molecule has 0 saturated carbocycles. The number of nitrogens with one attached hydrogen (secondary N) is 2. The van der Waals surface area contributed by atoms with Gasteiger partial charge in [-0.25, -0.2) is 0 Å². The van der Waals surface area contributed by atoms with Gasteiger partial charge in [-0.15, -0.1) is 0 Å². The maximum absolute atomic E-state index is 11.7. The fraction of sp³-hybridized carbons (Fsp3) is 0.182. The second kappa shape index (κ2) is 6.15. The lowest BCUT2D eigenvalue weighted by Gasteiger charge is -2.12. The Bertz CT molecular complexity index is 502. The maximum atomic E-state index is 11.7. The molecule has 0 radical (unpaired) electrons. The molecule has 0 saturated heterocycles. The van der Waals surface area contributed by atoms with Gasteiger partial charge in [-0.1, -0.05) is 22.0 Å². The monoisotopic (exact) mass is 313 g/mol. The van der Waals surface area contributed by atoms with Gasteiger partial charge in [0.15, 0.2) is 0 Å². The third-order valence-electron chi connectivity index (χ3n) is 2.19. The third kappa shape index (κ3) is 3.07. The second-order valence-electron chi connectivity index (χ2n) is 3.35. The lowest BCUT2D eigenvalue weighted by atomic mass is 10.1. The summed E-state index contributed by atoms with van der Waals surface area (Å²) >= 11 is 2.98. The van der Waals surface area contributed by atoms with Crippen LogP contribution in [0.1, 0.15) is 20.7 Å². The molecular weight excluding hydrogens is 302 g/mol. The summed E-state index contributed by atoms with van der Waals surface area (Å²) in [7, 11) is 1.45. The van der Waals surface area contributed by atoms with Crippen molar-refractivity contribution in [3.8, 4) is 0 Å². The fourth-order valence-electron chi connectivity index (χ4n) is 1.39. The smallest absolute Gasteiger partial charge is 0.253 e. The zero-order valence-corrected chi connectivity index (χ0v) is 11.2. The number of hydrogen-bond acceptors (Lipinski definition) is 3. The molecule has 0 spiro atoms. The van der Waals surface area contributed by atoms with Crippen LogP contribution in [0.3, 0.4) is 0 Å². The summed E-state index contributed by atoms with van der Waals surface area (Å²) in [6.45, 7) is 0. The maximum Gasteiger partial charge on any atom is 0.253 e. The Kier molecular flexibility index (Phi) is 4.85. The molecule has 3 amide bonds. The van der Waals surface area contributed by atoms with Crippen LogP contribution in [-0.4, -0.2) is 30.1 Å². The summed E-state index contributed by atoms with van der Waals surface area (Å²) in [5.74, 6) is -1.51. The Labute approximate surface area is 112 Å². The minimum Gasteiger partial charge on any atom is -0.366 e. The van der Waals surface area contributed by atoms with Crippen LogP contribution in [0.5, 0.6) is 0 Å². The molecule has 0 atom stereocenters. The van der Waals surface area contributed by atoms with Crippen molar-refractivity contribution in [3.63, 3.8) is 0 Å². The number of anilines is 1. The van der Waals surface area contributed by atoms with E-state index in [4.69, 9.17) is 5.73 Å². The van der Waals surface area contributed by atoms with Crippen LogP contribution in [0.2, 0.25) is 0 Å². The van der Waals surface area contributed by atoms with Gasteiger partial charge in [0.25, 0.3) is 11.8 Å². The number of benzene rings is 1. The van der Waals surface area contributed by atoms with Crippen LogP contribution in [0.25, 0.3) is 0 Å². The number of amides is 3. The van der Waals surface area contributed by atoms with E-state index >= 15 is 0 Å². The molecule has 0 heterocycles. The first-order valence-corrected chi connectivity index (χ1v) is 6.14. The molecule has 1 aromatic carbocycles. The van der Waals surface area contributed by atoms with E-state index in [1.54, 1.807) is 0 Å². The molecule has 1 aromatic rings. The van der Waals surface area contributed by atoms with Gasteiger partial charge < -0.3 is 16.4 Å². The number of alkyl halides is 1. The number of halogens is 1. The van der Waals surface area contributed by atoms with Crippen molar-refractivity contribution in [1.82, 2.24) is 5.32 Å². The number of primary amides is 1. The summed E-state index contributed by atoms with van der Waals surface area (Å²) < 4.78 is 0. The molecule has 0 aliphatic heterocycles. The number of carbonyl (C=O) groups excluding carboxylic acids is 3. The molecule has 7 heteroatoms. The molecule has 1 rings (SSSR count). The first-order chi connectivity index (χ1) is 8.51. The van der Waals surface area contributed by atoms with Crippen molar-refractivity contribution in [2.75, 3.05) is 17.7 Å². The van der Waals surface area contributed by atoms with Crippen molar-refractivity contribution in [1.29, 1.82) is 0 Å².